The van der Waals surface area contributed by atoms with E-state index in [1.54, 1.807) is 14.2 Å². The number of methoxy groups -OCH3 is 2. The van der Waals surface area contributed by atoms with Crippen LogP contribution in [0.4, 0.5) is 11.5 Å². The number of benzene rings is 2. The van der Waals surface area contributed by atoms with Gasteiger partial charge in [0.15, 0.2) is 0 Å². The highest BCUT2D eigenvalue weighted by Crippen LogP contribution is 2.30. The van der Waals surface area contributed by atoms with Crippen LogP contribution < -0.4 is 25.0 Å². The molecule has 0 saturated heterocycles. The van der Waals surface area contributed by atoms with E-state index in [0.717, 1.165) is 53.7 Å². The molecule has 4 rings (SSSR count). The van der Waals surface area contributed by atoms with Crippen LogP contribution in [-0.2, 0) is 11.2 Å². The van der Waals surface area contributed by atoms with Crippen LogP contribution in [0.25, 0.3) is 10.9 Å². The summed E-state index contributed by atoms with van der Waals surface area (Å²) in [6.45, 7) is 0.705. The number of carbonyl (C=O) groups is 1. The fourth-order valence-electron chi connectivity index (χ4n) is 4.83. The van der Waals surface area contributed by atoms with Crippen LogP contribution >= 0.6 is 0 Å². The highest BCUT2D eigenvalue weighted by Gasteiger charge is 2.22. The molecule has 0 aliphatic heterocycles. The summed E-state index contributed by atoms with van der Waals surface area (Å²) in [7, 11) is 7.36. The number of hydrogen-bond acceptors (Lipinski definition) is 6. The highest BCUT2D eigenvalue weighted by atomic mass is 16.5. The van der Waals surface area contributed by atoms with Gasteiger partial charge in [-0.1, -0.05) is 18.2 Å². The molecule has 2 aromatic carbocycles. The zero-order valence-electron chi connectivity index (χ0n) is 21.1. The molecule has 1 fully saturated rings. The maximum Gasteiger partial charge on any atom is 0.224 e. The second-order valence-corrected chi connectivity index (χ2v) is 9.46. The fourth-order valence-corrected chi connectivity index (χ4v) is 4.83. The van der Waals surface area contributed by atoms with Gasteiger partial charge in [0, 0.05) is 49.4 Å². The van der Waals surface area contributed by atoms with E-state index < -0.39 is 0 Å². The number of aromatic nitrogens is 1. The van der Waals surface area contributed by atoms with Crippen molar-refractivity contribution in [1.82, 2.24) is 10.3 Å². The van der Waals surface area contributed by atoms with Crippen LogP contribution in [-0.4, -0.2) is 51.8 Å². The minimum atomic E-state index is 0.00776. The van der Waals surface area contributed by atoms with Crippen molar-refractivity contribution in [1.29, 1.82) is 0 Å². The Morgan fingerprint density at radius 2 is 1.80 bits per heavy atom. The molecule has 1 saturated carbocycles. The van der Waals surface area contributed by atoms with Crippen molar-refractivity contribution in [2.24, 2.45) is 5.92 Å². The lowest BCUT2D eigenvalue weighted by atomic mass is 9.86. The summed E-state index contributed by atoms with van der Waals surface area (Å²) < 4.78 is 10.7. The molecule has 186 valence electrons. The lowest BCUT2D eigenvalue weighted by Crippen LogP contribution is -2.34. The minimum Gasteiger partial charge on any atom is -0.497 e. The lowest BCUT2D eigenvalue weighted by Gasteiger charge is -2.30. The first-order valence-corrected chi connectivity index (χ1v) is 12.3. The molecule has 1 aromatic heterocycles. The molecule has 1 aliphatic rings. The van der Waals surface area contributed by atoms with Gasteiger partial charge in [-0.05, 0) is 55.9 Å². The summed E-state index contributed by atoms with van der Waals surface area (Å²) >= 11 is 0. The molecule has 35 heavy (non-hydrogen) atoms. The standard InChI is InChI=1S/C28H36N4O3/c1-32(2)25-17-27(31-24-8-6-5-7-23(24)25)30-21-11-9-19(10-12-21)18-29-28(33)16-20-15-22(34-3)13-14-26(20)35-4/h5-8,13-15,17,19,21H,9-12,16,18H2,1-4H3,(H,29,33)(H,30,31). The van der Waals surface area contributed by atoms with E-state index in [9.17, 15) is 4.79 Å². The number of para-hydroxylation sites is 1. The summed E-state index contributed by atoms with van der Waals surface area (Å²) in [5.74, 6) is 2.85. The lowest BCUT2D eigenvalue weighted by molar-refractivity contribution is -0.120. The Bertz CT molecular complexity index is 1160. The number of carbonyl (C=O) groups excluding carboxylic acids is 1. The van der Waals surface area contributed by atoms with Crippen molar-refractivity contribution in [3.63, 3.8) is 0 Å². The summed E-state index contributed by atoms with van der Waals surface area (Å²) in [5.41, 5.74) is 3.00. The van der Waals surface area contributed by atoms with Gasteiger partial charge in [0.2, 0.25) is 5.91 Å². The maximum absolute atomic E-state index is 12.6. The average molecular weight is 477 g/mol. The van der Waals surface area contributed by atoms with Crippen LogP contribution in [0, 0.1) is 5.92 Å². The van der Waals surface area contributed by atoms with Crippen molar-refractivity contribution in [2.75, 3.05) is 45.1 Å². The third-order valence-corrected chi connectivity index (χ3v) is 6.80. The molecule has 1 heterocycles. The number of amides is 1. The monoisotopic (exact) mass is 476 g/mol. The van der Waals surface area contributed by atoms with Crippen molar-refractivity contribution in [3.8, 4) is 11.5 Å². The molecule has 0 atom stereocenters. The second kappa shape index (κ2) is 11.3. The van der Waals surface area contributed by atoms with E-state index in [2.05, 4.69) is 53.9 Å². The minimum absolute atomic E-state index is 0.00776. The van der Waals surface area contributed by atoms with Gasteiger partial charge >= 0.3 is 0 Å². The molecule has 7 nitrogen and oxygen atoms in total. The highest BCUT2D eigenvalue weighted by molar-refractivity contribution is 5.93. The normalized spacial score (nSPS) is 17.6. The zero-order chi connectivity index (χ0) is 24.8. The fraction of sp³-hybridized carbons (Fsp3) is 0.429. The molecule has 0 bridgehead atoms. The number of nitrogens with one attached hydrogen (secondary N) is 2. The summed E-state index contributed by atoms with van der Waals surface area (Å²) in [4.78, 5) is 19.6. The quantitative estimate of drug-likeness (QED) is 0.468. The number of ether oxygens (including phenoxy) is 2. The van der Waals surface area contributed by atoms with Gasteiger partial charge in [-0.15, -0.1) is 0 Å². The molecular weight excluding hydrogens is 440 g/mol. The third-order valence-electron chi connectivity index (χ3n) is 6.80. The maximum atomic E-state index is 12.6. The zero-order valence-corrected chi connectivity index (χ0v) is 21.1. The van der Waals surface area contributed by atoms with Crippen LogP contribution in [0.1, 0.15) is 31.2 Å². The van der Waals surface area contributed by atoms with Gasteiger partial charge in [-0.3, -0.25) is 4.79 Å². The summed E-state index contributed by atoms with van der Waals surface area (Å²) in [6, 6.07) is 16.3. The van der Waals surface area contributed by atoms with E-state index >= 15 is 0 Å². The molecule has 0 unspecified atom stereocenters. The Kier molecular flexibility index (Phi) is 7.95. The molecular formula is C28H36N4O3. The Labute approximate surface area is 207 Å². The number of nitrogens with zero attached hydrogens (tertiary/aromatic N) is 2. The van der Waals surface area contributed by atoms with Crippen molar-refractivity contribution >= 4 is 28.3 Å². The number of anilines is 2. The van der Waals surface area contributed by atoms with Gasteiger partial charge in [0.05, 0.1) is 26.2 Å². The van der Waals surface area contributed by atoms with Gasteiger partial charge in [-0.25, -0.2) is 4.98 Å². The van der Waals surface area contributed by atoms with Crippen LogP contribution in [0.2, 0.25) is 0 Å². The van der Waals surface area contributed by atoms with Gasteiger partial charge < -0.3 is 25.0 Å². The van der Waals surface area contributed by atoms with Crippen LogP contribution in [0.5, 0.6) is 11.5 Å². The first kappa shape index (κ1) is 24.6. The Morgan fingerprint density at radius 1 is 1.03 bits per heavy atom. The SMILES string of the molecule is COc1ccc(OC)c(CC(=O)NCC2CCC(Nc3cc(N(C)C)c4ccccc4n3)CC2)c1. The van der Waals surface area contributed by atoms with E-state index in [1.165, 1.54) is 5.69 Å². The van der Waals surface area contributed by atoms with Crippen molar-refractivity contribution < 1.29 is 14.3 Å². The van der Waals surface area contributed by atoms with E-state index in [4.69, 9.17) is 14.5 Å². The van der Waals surface area contributed by atoms with E-state index in [-0.39, 0.29) is 12.3 Å². The number of pyridine rings is 1. The Balaban J connectivity index is 1.28. The molecule has 1 aliphatic carbocycles. The molecule has 3 aromatic rings. The van der Waals surface area contributed by atoms with Gasteiger partial charge in [0.25, 0.3) is 0 Å². The predicted molar refractivity (Wildman–Crippen MR) is 142 cm³/mol. The van der Waals surface area contributed by atoms with E-state index in [0.29, 0.717) is 24.3 Å². The smallest absolute Gasteiger partial charge is 0.224 e. The van der Waals surface area contributed by atoms with E-state index in [1.807, 2.05) is 24.3 Å². The molecule has 0 radical (unpaired) electrons. The molecule has 7 heteroatoms. The Morgan fingerprint density at radius 3 is 2.51 bits per heavy atom. The third kappa shape index (κ3) is 6.15. The van der Waals surface area contributed by atoms with Crippen molar-refractivity contribution in [3.05, 3.63) is 54.1 Å². The van der Waals surface area contributed by atoms with Crippen molar-refractivity contribution in [2.45, 2.75) is 38.1 Å². The summed E-state index contributed by atoms with van der Waals surface area (Å²) in [6.07, 6.45) is 4.56. The average Bonchev–Trinajstić information content (AvgIpc) is 2.87. The molecule has 0 spiro atoms. The first-order valence-electron chi connectivity index (χ1n) is 12.3. The number of hydrogen-bond donors (Lipinski definition) is 2. The van der Waals surface area contributed by atoms with Gasteiger partial charge in [0.1, 0.15) is 17.3 Å². The largest absolute Gasteiger partial charge is 0.497 e. The van der Waals surface area contributed by atoms with Crippen LogP contribution in [0.15, 0.2) is 48.5 Å². The Hall–Kier alpha value is -3.48. The van der Waals surface area contributed by atoms with Gasteiger partial charge in [-0.2, -0.15) is 0 Å². The topological polar surface area (TPSA) is 75.7 Å². The van der Waals surface area contributed by atoms with Crippen LogP contribution in [0.3, 0.4) is 0 Å². The molecule has 2 N–H and O–H groups in total. The summed E-state index contributed by atoms with van der Waals surface area (Å²) in [5, 5.41) is 7.94. The first-order chi connectivity index (χ1) is 17.0. The number of fused-ring (bicyclic) bond motifs is 1. The second-order valence-electron chi connectivity index (χ2n) is 9.46. The predicted octanol–water partition coefficient (Wildman–Crippen LogP) is 4.65. The molecule has 1 amide bonds. The number of rotatable bonds is 9.